The molecule has 0 bridgehead atoms. The highest BCUT2D eigenvalue weighted by Crippen LogP contribution is 2.42. The fourth-order valence-electron chi connectivity index (χ4n) is 6.53. The van der Waals surface area contributed by atoms with E-state index in [1.54, 1.807) is 22.5 Å². The number of carbonyl (C=O) groups excluding carboxylic acids is 2. The van der Waals surface area contributed by atoms with Crippen molar-refractivity contribution in [1.29, 1.82) is 0 Å². The van der Waals surface area contributed by atoms with Gasteiger partial charge in [0.1, 0.15) is 0 Å². The van der Waals surface area contributed by atoms with E-state index < -0.39 is 10.0 Å². The third kappa shape index (κ3) is 5.38. The number of nitrogens with one attached hydrogen (secondary N) is 1. The van der Waals surface area contributed by atoms with Crippen molar-refractivity contribution >= 4 is 21.8 Å². The Hall–Kier alpha value is -2.71. The van der Waals surface area contributed by atoms with Gasteiger partial charge in [0.2, 0.25) is 15.9 Å². The van der Waals surface area contributed by atoms with Crippen LogP contribution in [0, 0.1) is 25.2 Å². The highest BCUT2D eigenvalue weighted by atomic mass is 32.2. The highest BCUT2D eigenvalue weighted by Gasteiger charge is 2.46. The van der Waals surface area contributed by atoms with Crippen LogP contribution in [-0.2, 0) is 14.8 Å². The summed E-state index contributed by atoms with van der Waals surface area (Å²) in [7, 11) is -3.54. The average molecular weight is 538 g/mol. The van der Waals surface area contributed by atoms with Crippen LogP contribution in [0.5, 0.6) is 0 Å². The Kier molecular flexibility index (Phi) is 7.65. The molecule has 0 radical (unpaired) electrons. The van der Waals surface area contributed by atoms with Gasteiger partial charge in [-0.05, 0) is 80.7 Å². The minimum atomic E-state index is -3.54. The van der Waals surface area contributed by atoms with Gasteiger partial charge < -0.3 is 10.2 Å². The van der Waals surface area contributed by atoms with E-state index in [2.05, 4.69) is 5.32 Å². The Balaban J connectivity index is 1.21. The molecule has 204 valence electrons. The van der Waals surface area contributed by atoms with Crippen LogP contribution >= 0.6 is 0 Å². The number of piperidine rings is 1. The number of benzene rings is 2. The monoisotopic (exact) mass is 537 g/mol. The fraction of sp³-hybridized carbons (Fsp3) is 0.533. The van der Waals surface area contributed by atoms with Gasteiger partial charge in [-0.2, -0.15) is 4.31 Å². The Morgan fingerprint density at radius 3 is 2.34 bits per heavy atom. The van der Waals surface area contributed by atoms with Gasteiger partial charge in [0, 0.05) is 37.8 Å². The molecule has 2 aromatic rings. The maximum Gasteiger partial charge on any atom is 0.251 e. The third-order valence-corrected chi connectivity index (χ3v) is 11.0. The number of hydrogen-bond donors (Lipinski definition) is 1. The van der Waals surface area contributed by atoms with Crippen molar-refractivity contribution in [2.24, 2.45) is 11.3 Å². The lowest BCUT2D eigenvalue weighted by Crippen LogP contribution is -2.50. The van der Waals surface area contributed by atoms with Gasteiger partial charge in [-0.1, -0.05) is 43.2 Å². The first-order chi connectivity index (χ1) is 18.2. The van der Waals surface area contributed by atoms with Crippen LogP contribution in [0.3, 0.4) is 0 Å². The lowest BCUT2D eigenvalue weighted by molar-refractivity contribution is -0.136. The molecule has 2 unspecified atom stereocenters. The van der Waals surface area contributed by atoms with Gasteiger partial charge >= 0.3 is 0 Å². The van der Waals surface area contributed by atoms with Crippen LogP contribution in [0.4, 0.5) is 0 Å². The Bertz CT molecular complexity index is 1290. The van der Waals surface area contributed by atoms with Crippen molar-refractivity contribution < 1.29 is 18.0 Å². The summed E-state index contributed by atoms with van der Waals surface area (Å²) in [5, 5.41) is 3.15. The zero-order chi connectivity index (χ0) is 26.9. The Labute approximate surface area is 226 Å². The smallest absolute Gasteiger partial charge is 0.251 e. The van der Waals surface area contributed by atoms with Gasteiger partial charge in [0.15, 0.2) is 0 Å². The van der Waals surface area contributed by atoms with Gasteiger partial charge in [-0.15, -0.1) is 0 Å². The molecule has 2 aliphatic heterocycles. The molecular formula is C30H39N3O4S. The summed E-state index contributed by atoms with van der Waals surface area (Å²) in [4.78, 5) is 28.9. The van der Waals surface area contributed by atoms with Crippen molar-refractivity contribution in [2.75, 3.05) is 26.2 Å². The Morgan fingerprint density at radius 2 is 1.61 bits per heavy atom. The number of hydrogen-bond acceptors (Lipinski definition) is 4. The molecule has 0 aromatic heterocycles. The predicted octanol–water partition coefficient (Wildman–Crippen LogP) is 4.30. The molecule has 2 saturated heterocycles. The lowest BCUT2D eigenvalue weighted by Gasteiger charge is -2.39. The number of likely N-dealkylation sites (tertiary alicyclic amines) is 1. The number of amides is 2. The largest absolute Gasteiger partial charge is 0.349 e. The van der Waals surface area contributed by atoms with Crippen molar-refractivity contribution in [3.8, 4) is 0 Å². The lowest BCUT2D eigenvalue weighted by atomic mass is 9.78. The average Bonchev–Trinajstić information content (AvgIpc) is 3.34. The maximum absolute atomic E-state index is 13.7. The summed E-state index contributed by atoms with van der Waals surface area (Å²) < 4.78 is 28.4. The van der Waals surface area contributed by atoms with Gasteiger partial charge in [-0.3, -0.25) is 9.59 Å². The molecule has 3 fully saturated rings. The summed E-state index contributed by atoms with van der Waals surface area (Å²) in [5.74, 6) is -0.174. The first kappa shape index (κ1) is 26.9. The molecule has 1 spiro atoms. The van der Waals surface area contributed by atoms with E-state index in [1.807, 2.05) is 49.1 Å². The highest BCUT2D eigenvalue weighted by molar-refractivity contribution is 7.89. The van der Waals surface area contributed by atoms with Crippen molar-refractivity contribution in [3.05, 3.63) is 65.2 Å². The second kappa shape index (κ2) is 10.8. The second-order valence-corrected chi connectivity index (χ2v) is 13.4. The number of carbonyl (C=O) groups is 2. The number of nitrogens with zero attached hydrogens (tertiary/aromatic N) is 2. The quantitative estimate of drug-likeness (QED) is 0.616. The Morgan fingerprint density at radius 1 is 0.921 bits per heavy atom. The van der Waals surface area contributed by atoms with Crippen molar-refractivity contribution in [3.63, 3.8) is 0 Å². The van der Waals surface area contributed by atoms with Crippen LogP contribution in [0.1, 0.15) is 66.4 Å². The normalized spacial score (nSPS) is 23.9. The molecule has 2 heterocycles. The van der Waals surface area contributed by atoms with Gasteiger partial charge in [0.25, 0.3) is 5.91 Å². The predicted molar refractivity (Wildman–Crippen MR) is 147 cm³/mol. The van der Waals surface area contributed by atoms with Crippen LogP contribution in [0.25, 0.3) is 0 Å². The van der Waals surface area contributed by atoms with E-state index in [0.29, 0.717) is 36.6 Å². The minimum Gasteiger partial charge on any atom is -0.349 e. The molecule has 7 nitrogen and oxygen atoms in total. The molecule has 1 saturated carbocycles. The van der Waals surface area contributed by atoms with Crippen molar-refractivity contribution in [2.45, 2.75) is 69.7 Å². The maximum atomic E-state index is 13.7. The van der Waals surface area contributed by atoms with E-state index in [1.165, 1.54) is 0 Å². The van der Waals surface area contributed by atoms with Crippen molar-refractivity contribution in [1.82, 2.24) is 14.5 Å². The molecule has 1 N–H and O–H groups in total. The molecule has 38 heavy (non-hydrogen) atoms. The summed E-state index contributed by atoms with van der Waals surface area (Å²) in [6.07, 6.45) is 6.06. The number of rotatable bonds is 5. The molecule has 5 rings (SSSR count). The van der Waals surface area contributed by atoms with Crippen LogP contribution < -0.4 is 5.32 Å². The van der Waals surface area contributed by atoms with E-state index in [0.717, 1.165) is 56.1 Å². The van der Waals surface area contributed by atoms with E-state index in [-0.39, 0.29) is 29.2 Å². The summed E-state index contributed by atoms with van der Waals surface area (Å²) in [6.45, 7) is 6.11. The molecule has 2 amide bonds. The topological polar surface area (TPSA) is 86.8 Å². The van der Waals surface area contributed by atoms with Gasteiger partial charge in [0.05, 0.1) is 10.8 Å². The standard InChI is InChI=1S/C30H39N3O4S/c1-22-12-13-23(2)27(20-22)38(36,37)33-18-15-30(16-19-33)14-17-32(21-30)29(35)25-10-6-7-11-26(25)31-28(34)24-8-4-3-5-9-24/h3-5,8-9,12-13,20,25-26H,6-7,10-11,14-19,21H2,1-2H3,(H,31,34). The molecule has 8 heteroatoms. The summed E-state index contributed by atoms with van der Waals surface area (Å²) in [5.41, 5.74) is 2.30. The zero-order valence-electron chi connectivity index (χ0n) is 22.5. The van der Waals surface area contributed by atoms with Crippen LogP contribution in [-0.4, -0.2) is 61.7 Å². The number of aryl methyl sites for hydroxylation is 2. The third-order valence-electron chi connectivity index (χ3n) is 8.93. The SMILES string of the molecule is Cc1ccc(C)c(S(=O)(=O)N2CCC3(CCN(C(=O)C4CCCCC4NC(=O)c4ccccc4)C3)CC2)c1. The van der Waals surface area contributed by atoms with E-state index in [4.69, 9.17) is 0 Å². The summed E-state index contributed by atoms with van der Waals surface area (Å²) >= 11 is 0. The van der Waals surface area contributed by atoms with Gasteiger partial charge in [-0.25, -0.2) is 8.42 Å². The first-order valence-corrected chi connectivity index (χ1v) is 15.3. The molecule has 1 aliphatic carbocycles. The number of sulfonamides is 1. The minimum absolute atomic E-state index is 0.0270. The van der Waals surface area contributed by atoms with Crippen LogP contribution in [0.2, 0.25) is 0 Å². The molecule has 2 atom stereocenters. The second-order valence-electron chi connectivity index (χ2n) is 11.5. The fourth-order valence-corrected chi connectivity index (χ4v) is 8.28. The molecular weight excluding hydrogens is 498 g/mol. The zero-order valence-corrected chi connectivity index (χ0v) is 23.3. The molecule has 3 aliphatic rings. The van der Waals surface area contributed by atoms with E-state index >= 15 is 0 Å². The van der Waals surface area contributed by atoms with Crippen LogP contribution in [0.15, 0.2) is 53.4 Å². The first-order valence-electron chi connectivity index (χ1n) is 13.9. The molecule has 2 aromatic carbocycles. The van der Waals surface area contributed by atoms with E-state index in [9.17, 15) is 18.0 Å². The summed E-state index contributed by atoms with van der Waals surface area (Å²) in [6, 6.07) is 14.6.